The summed E-state index contributed by atoms with van der Waals surface area (Å²) in [6.07, 6.45) is 5.30. The number of aromatic nitrogens is 2. The molecule has 0 atom stereocenters. The van der Waals surface area contributed by atoms with Gasteiger partial charge in [0, 0.05) is 30.4 Å². The van der Waals surface area contributed by atoms with E-state index < -0.39 is 0 Å². The molecule has 1 N–H and O–H groups in total. The van der Waals surface area contributed by atoms with Crippen molar-refractivity contribution in [1.82, 2.24) is 14.9 Å². The molecular weight excluding hydrogens is 302 g/mol. The summed E-state index contributed by atoms with van der Waals surface area (Å²) in [5, 5.41) is 4.35. The average Bonchev–Trinajstić information content (AvgIpc) is 3.45. The van der Waals surface area contributed by atoms with Crippen LogP contribution in [0.15, 0.2) is 59.7 Å². The van der Waals surface area contributed by atoms with Gasteiger partial charge in [0.25, 0.3) is 11.5 Å². The van der Waals surface area contributed by atoms with Crippen LogP contribution in [0.4, 0.5) is 0 Å². The number of amides is 1. The molecule has 3 aromatic rings. The van der Waals surface area contributed by atoms with Gasteiger partial charge < -0.3 is 9.88 Å². The lowest BCUT2D eigenvalue weighted by Crippen LogP contribution is -2.31. The zero-order chi connectivity index (χ0) is 16.5. The van der Waals surface area contributed by atoms with Crippen molar-refractivity contribution in [2.45, 2.75) is 25.4 Å². The molecule has 1 aromatic carbocycles. The lowest BCUT2D eigenvalue weighted by molar-refractivity contribution is 0.0940. The predicted molar refractivity (Wildman–Crippen MR) is 91.9 cm³/mol. The van der Waals surface area contributed by atoms with Gasteiger partial charge in [0.05, 0.1) is 0 Å². The minimum Gasteiger partial charge on any atom is -0.347 e. The molecule has 2 heterocycles. The van der Waals surface area contributed by atoms with Crippen molar-refractivity contribution in [1.29, 1.82) is 0 Å². The molecule has 2 aromatic heterocycles. The molecule has 0 saturated heterocycles. The Hall–Kier alpha value is -2.95. The van der Waals surface area contributed by atoms with E-state index in [2.05, 4.69) is 10.3 Å². The Morgan fingerprint density at radius 1 is 1.21 bits per heavy atom. The zero-order valence-corrected chi connectivity index (χ0v) is 13.1. The third-order valence-electron chi connectivity index (χ3n) is 4.28. The zero-order valence-electron chi connectivity index (χ0n) is 13.1. The molecule has 5 nitrogen and oxygen atoms in total. The number of hydrogen-bond donors (Lipinski definition) is 1. The van der Waals surface area contributed by atoms with Crippen LogP contribution in [0.5, 0.6) is 0 Å². The second-order valence-corrected chi connectivity index (χ2v) is 6.07. The summed E-state index contributed by atoms with van der Waals surface area (Å²) in [5.41, 5.74) is 1.28. The fraction of sp³-hybridized carbons (Fsp3) is 0.211. The fourth-order valence-corrected chi connectivity index (χ4v) is 2.92. The van der Waals surface area contributed by atoms with Crippen molar-refractivity contribution in [2.75, 3.05) is 0 Å². The van der Waals surface area contributed by atoms with E-state index in [9.17, 15) is 9.59 Å². The van der Waals surface area contributed by atoms with Crippen molar-refractivity contribution < 1.29 is 4.79 Å². The second-order valence-electron chi connectivity index (χ2n) is 6.07. The lowest BCUT2D eigenvalue weighted by atomic mass is 10.1. The number of nitrogens with one attached hydrogen (secondary N) is 1. The molecular formula is C19H17N3O2. The van der Waals surface area contributed by atoms with Gasteiger partial charge >= 0.3 is 0 Å². The third-order valence-corrected chi connectivity index (χ3v) is 4.28. The van der Waals surface area contributed by atoms with Crippen LogP contribution in [0.1, 0.15) is 34.9 Å². The first kappa shape index (κ1) is 14.6. The van der Waals surface area contributed by atoms with Crippen LogP contribution in [-0.4, -0.2) is 15.5 Å². The van der Waals surface area contributed by atoms with Gasteiger partial charge in [-0.25, -0.2) is 0 Å². The molecule has 0 unspecified atom stereocenters. The smallest absolute Gasteiger partial charge is 0.268 e. The Labute approximate surface area is 139 Å². The van der Waals surface area contributed by atoms with Gasteiger partial charge in [-0.15, -0.1) is 0 Å². The fourth-order valence-electron chi connectivity index (χ4n) is 2.92. The molecule has 1 fully saturated rings. The molecule has 0 bridgehead atoms. The Morgan fingerprint density at radius 2 is 2.04 bits per heavy atom. The maximum Gasteiger partial charge on any atom is 0.268 e. The molecule has 1 saturated carbocycles. The van der Waals surface area contributed by atoms with Gasteiger partial charge in [-0.05, 0) is 42.0 Å². The Balaban J connectivity index is 1.71. The highest BCUT2D eigenvalue weighted by atomic mass is 16.2. The van der Waals surface area contributed by atoms with Crippen molar-refractivity contribution >= 4 is 16.7 Å². The number of carbonyl (C=O) groups excluding carboxylic acids is 1. The highest BCUT2D eigenvalue weighted by Crippen LogP contribution is 2.35. The molecule has 1 amide bonds. The number of pyridine rings is 2. The van der Waals surface area contributed by atoms with Crippen molar-refractivity contribution in [3.8, 4) is 0 Å². The molecule has 0 spiro atoms. The Kier molecular flexibility index (Phi) is 3.61. The van der Waals surface area contributed by atoms with Gasteiger partial charge in [0.15, 0.2) is 0 Å². The molecule has 4 rings (SSSR count). The van der Waals surface area contributed by atoms with Gasteiger partial charge in [-0.2, -0.15) is 0 Å². The summed E-state index contributed by atoms with van der Waals surface area (Å²) >= 11 is 0. The van der Waals surface area contributed by atoms with E-state index >= 15 is 0 Å². The van der Waals surface area contributed by atoms with E-state index in [0.717, 1.165) is 23.8 Å². The van der Waals surface area contributed by atoms with E-state index in [4.69, 9.17) is 0 Å². The first-order valence-electron chi connectivity index (χ1n) is 8.05. The van der Waals surface area contributed by atoms with E-state index in [1.54, 1.807) is 17.0 Å². The molecule has 0 aliphatic heterocycles. The van der Waals surface area contributed by atoms with Crippen molar-refractivity contribution in [2.24, 2.45) is 0 Å². The van der Waals surface area contributed by atoms with Crippen LogP contribution in [0.2, 0.25) is 0 Å². The lowest BCUT2D eigenvalue weighted by Gasteiger charge is -2.14. The van der Waals surface area contributed by atoms with Gasteiger partial charge in [-0.1, -0.05) is 24.3 Å². The number of fused-ring (bicyclic) bond motifs is 1. The van der Waals surface area contributed by atoms with Gasteiger partial charge in [-0.3, -0.25) is 14.6 Å². The first-order valence-corrected chi connectivity index (χ1v) is 8.05. The number of benzene rings is 1. The predicted octanol–water partition coefficient (Wildman–Crippen LogP) is 2.66. The summed E-state index contributed by atoms with van der Waals surface area (Å²) in [4.78, 5) is 29.5. The minimum atomic E-state index is -0.228. The van der Waals surface area contributed by atoms with E-state index in [1.807, 2.05) is 42.5 Å². The topological polar surface area (TPSA) is 64.0 Å². The minimum absolute atomic E-state index is 0.0814. The maximum atomic E-state index is 12.8. The number of rotatable bonds is 4. The van der Waals surface area contributed by atoms with Crippen molar-refractivity contribution in [3.63, 3.8) is 0 Å². The monoisotopic (exact) mass is 319 g/mol. The van der Waals surface area contributed by atoms with E-state index in [0.29, 0.717) is 17.6 Å². The van der Waals surface area contributed by atoms with Crippen LogP contribution in [0.25, 0.3) is 10.8 Å². The first-order chi connectivity index (χ1) is 11.7. The normalized spacial score (nSPS) is 13.8. The molecule has 0 radical (unpaired) electrons. The maximum absolute atomic E-state index is 12.8. The second kappa shape index (κ2) is 5.92. The molecule has 1 aliphatic rings. The van der Waals surface area contributed by atoms with Gasteiger partial charge in [0.2, 0.25) is 0 Å². The number of carbonyl (C=O) groups is 1. The largest absolute Gasteiger partial charge is 0.347 e. The third kappa shape index (κ3) is 2.69. The number of hydrogen-bond acceptors (Lipinski definition) is 3. The van der Waals surface area contributed by atoms with E-state index in [-0.39, 0.29) is 17.5 Å². The molecule has 1 aliphatic carbocycles. The van der Waals surface area contributed by atoms with Crippen molar-refractivity contribution in [3.05, 3.63) is 76.5 Å². The highest BCUT2D eigenvalue weighted by molar-refractivity contribution is 5.96. The summed E-state index contributed by atoms with van der Waals surface area (Å²) in [6.45, 7) is 0.387. The van der Waals surface area contributed by atoms with E-state index in [1.165, 1.54) is 0 Å². The van der Waals surface area contributed by atoms with Crippen LogP contribution in [-0.2, 0) is 6.54 Å². The quantitative estimate of drug-likeness (QED) is 0.804. The van der Waals surface area contributed by atoms with Crippen LogP contribution < -0.4 is 10.9 Å². The Bertz CT molecular complexity index is 959. The highest BCUT2D eigenvalue weighted by Gasteiger charge is 2.29. The summed E-state index contributed by atoms with van der Waals surface area (Å²) in [5.74, 6) is -0.228. The van der Waals surface area contributed by atoms with Crippen LogP contribution in [0.3, 0.4) is 0 Å². The standard InChI is InChI=1S/C19H17N3O2/c23-18(21-12-13-4-3-9-20-11-13)17-10-14-5-1-2-6-16(14)19(24)22(17)15-7-8-15/h1-6,9-11,15H,7-8,12H2,(H,21,23). The van der Waals surface area contributed by atoms with Crippen LogP contribution >= 0.6 is 0 Å². The summed E-state index contributed by atoms with van der Waals surface area (Å²) in [6, 6.07) is 13.1. The van der Waals surface area contributed by atoms with Gasteiger partial charge in [0.1, 0.15) is 5.69 Å². The molecule has 120 valence electrons. The molecule has 24 heavy (non-hydrogen) atoms. The summed E-state index contributed by atoms with van der Waals surface area (Å²) < 4.78 is 1.65. The average molecular weight is 319 g/mol. The SMILES string of the molecule is O=C(NCc1cccnc1)c1cc2ccccc2c(=O)n1C1CC1. The molecule has 5 heteroatoms. The Morgan fingerprint density at radius 3 is 2.79 bits per heavy atom. The number of nitrogens with zero attached hydrogens (tertiary/aromatic N) is 2. The van der Waals surface area contributed by atoms with Crippen LogP contribution in [0, 0.1) is 0 Å². The summed E-state index contributed by atoms with van der Waals surface area (Å²) in [7, 11) is 0.